The third kappa shape index (κ3) is 5.57. The van der Waals surface area contributed by atoms with Crippen LogP contribution in [0.1, 0.15) is 19.8 Å². The number of benzene rings is 2. The normalized spacial score (nSPS) is 15.9. The summed E-state index contributed by atoms with van der Waals surface area (Å²) < 4.78 is 18.0. The zero-order chi connectivity index (χ0) is 20.8. The van der Waals surface area contributed by atoms with Gasteiger partial charge in [0.25, 0.3) is 5.91 Å². The van der Waals surface area contributed by atoms with Gasteiger partial charge in [0.2, 0.25) is 5.91 Å². The molecule has 1 heterocycles. The number of rotatable bonds is 6. The number of anilines is 2. The summed E-state index contributed by atoms with van der Waals surface area (Å²) in [6, 6.07) is 12.7. The van der Waals surface area contributed by atoms with Crippen LogP contribution < -0.4 is 10.2 Å². The molecule has 0 spiro atoms. The highest BCUT2D eigenvalue weighted by molar-refractivity contribution is 7.99. The number of nitrogens with zero attached hydrogens (tertiary/aromatic N) is 1. The van der Waals surface area contributed by atoms with E-state index in [1.807, 2.05) is 0 Å². The number of amides is 2. The first-order chi connectivity index (χ1) is 13.9. The molecule has 1 unspecified atom stereocenters. The van der Waals surface area contributed by atoms with Gasteiger partial charge in [0, 0.05) is 23.1 Å². The van der Waals surface area contributed by atoms with Crippen molar-refractivity contribution >= 4 is 40.9 Å². The van der Waals surface area contributed by atoms with Crippen molar-refractivity contribution in [3.8, 4) is 0 Å². The molecule has 1 aliphatic rings. The number of esters is 1. The van der Waals surface area contributed by atoms with Crippen molar-refractivity contribution in [2.24, 2.45) is 0 Å². The number of halogens is 1. The molecule has 2 amide bonds. The van der Waals surface area contributed by atoms with E-state index in [0.717, 1.165) is 4.90 Å². The Morgan fingerprint density at radius 2 is 1.93 bits per heavy atom. The fourth-order valence-electron chi connectivity index (χ4n) is 3.03. The van der Waals surface area contributed by atoms with Gasteiger partial charge in [-0.15, -0.1) is 11.8 Å². The molecule has 29 heavy (non-hydrogen) atoms. The molecule has 0 bridgehead atoms. The number of carbonyl (C=O) groups excluding carboxylic acids is 3. The number of ether oxygens (including phenoxy) is 1. The maximum absolute atomic E-state index is 12.9. The summed E-state index contributed by atoms with van der Waals surface area (Å²) >= 11 is 1.41. The van der Waals surface area contributed by atoms with E-state index < -0.39 is 12.6 Å². The van der Waals surface area contributed by atoms with Gasteiger partial charge in [0.1, 0.15) is 5.82 Å². The van der Waals surface area contributed by atoms with E-state index in [1.165, 1.54) is 28.8 Å². The van der Waals surface area contributed by atoms with E-state index in [9.17, 15) is 18.8 Å². The molecule has 0 fully saturated rings. The average Bonchev–Trinajstić information content (AvgIpc) is 2.82. The van der Waals surface area contributed by atoms with Gasteiger partial charge in [-0.3, -0.25) is 14.4 Å². The maximum atomic E-state index is 12.9. The molecule has 6 nitrogen and oxygen atoms in total. The van der Waals surface area contributed by atoms with Crippen LogP contribution in [0.3, 0.4) is 0 Å². The van der Waals surface area contributed by atoms with E-state index in [1.54, 1.807) is 43.3 Å². The zero-order valence-corrected chi connectivity index (χ0v) is 16.7. The molecule has 1 atom stereocenters. The second kappa shape index (κ2) is 9.56. The molecular weight excluding hydrogens is 395 g/mol. The number of hydrogen-bond acceptors (Lipinski definition) is 5. The van der Waals surface area contributed by atoms with Crippen molar-refractivity contribution in [3.05, 3.63) is 54.3 Å². The van der Waals surface area contributed by atoms with Gasteiger partial charge < -0.3 is 15.0 Å². The Bertz CT molecular complexity index is 904. The summed E-state index contributed by atoms with van der Waals surface area (Å²) in [6.07, 6.45) is 0.282. The molecule has 0 radical (unpaired) electrons. The lowest BCUT2D eigenvalue weighted by atomic mass is 10.1. The van der Waals surface area contributed by atoms with Crippen molar-refractivity contribution < 1.29 is 23.5 Å². The van der Waals surface area contributed by atoms with E-state index in [-0.39, 0.29) is 36.5 Å². The van der Waals surface area contributed by atoms with Gasteiger partial charge in [0.05, 0.1) is 17.8 Å². The van der Waals surface area contributed by atoms with E-state index in [2.05, 4.69) is 5.32 Å². The van der Waals surface area contributed by atoms with Crippen molar-refractivity contribution in [2.45, 2.75) is 30.7 Å². The predicted molar refractivity (Wildman–Crippen MR) is 109 cm³/mol. The summed E-state index contributed by atoms with van der Waals surface area (Å²) in [7, 11) is 0. The van der Waals surface area contributed by atoms with Crippen LogP contribution in [0.15, 0.2) is 53.4 Å². The smallest absolute Gasteiger partial charge is 0.307 e. The Morgan fingerprint density at radius 1 is 1.21 bits per heavy atom. The minimum atomic E-state index is -0.488. The number of thioether (sulfide) groups is 1. The topological polar surface area (TPSA) is 75.7 Å². The Kier molecular flexibility index (Phi) is 6.87. The van der Waals surface area contributed by atoms with Crippen LogP contribution in [-0.2, 0) is 19.1 Å². The van der Waals surface area contributed by atoms with Crippen LogP contribution >= 0.6 is 11.8 Å². The molecule has 8 heteroatoms. The van der Waals surface area contributed by atoms with Gasteiger partial charge in [-0.05, 0) is 43.3 Å². The van der Waals surface area contributed by atoms with Gasteiger partial charge in [-0.25, -0.2) is 4.39 Å². The van der Waals surface area contributed by atoms with Gasteiger partial charge in [-0.2, -0.15) is 0 Å². The molecule has 0 saturated heterocycles. The number of hydrogen-bond donors (Lipinski definition) is 1. The summed E-state index contributed by atoms with van der Waals surface area (Å²) in [6.45, 7) is 1.38. The van der Waals surface area contributed by atoms with Crippen molar-refractivity contribution in [1.29, 1.82) is 0 Å². The van der Waals surface area contributed by atoms with E-state index in [4.69, 9.17) is 4.74 Å². The fraction of sp³-hybridized carbons (Fsp3) is 0.286. The summed E-state index contributed by atoms with van der Waals surface area (Å²) in [5, 5.41) is 2.78. The molecule has 2 aromatic carbocycles. The molecule has 3 rings (SSSR count). The highest BCUT2D eigenvalue weighted by Crippen LogP contribution is 2.31. The zero-order valence-electron chi connectivity index (χ0n) is 15.9. The first kappa shape index (κ1) is 20.9. The van der Waals surface area contributed by atoms with Crippen LogP contribution in [0.5, 0.6) is 0 Å². The van der Waals surface area contributed by atoms with Crippen LogP contribution in [0.4, 0.5) is 15.8 Å². The van der Waals surface area contributed by atoms with Crippen LogP contribution in [-0.4, -0.2) is 36.2 Å². The first-order valence-corrected chi connectivity index (χ1v) is 10.2. The molecule has 1 aliphatic heterocycles. The van der Waals surface area contributed by atoms with Crippen LogP contribution in [0, 0.1) is 5.82 Å². The minimum absolute atomic E-state index is 0.126. The SMILES string of the molecule is CC1CC(=O)Nc2ccccc2N1C(=O)COC(=O)CCSc1ccc(F)cc1. The minimum Gasteiger partial charge on any atom is -0.456 e. The first-order valence-electron chi connectivity index (χ1n) is 9.19. The number of fused-ring (bicyclic) bond motifs is 1. The second-order valence-corrected chi connectivity index (χ2v) is 7.76. The molecule has 0 saturated carbocycles. The summed E-state index contributed by atoms with van der Waals surface area (Å²) in [5.74, 6) is -0.900. The van der Waals surface area contributed by atoms with Crippen molar-refractivity contribution in [2.75, 3.05) is 22.6 Å². The number of para-hydroxylation sites is 2. The van der Waals surface area contributed by atoms with Crippen molar-refractivity contribution in [1.82, 2.24) is 0 Å². The highest BCUT2D eigenvalue weighted by Gasteiger charge is 2.29. The monoisotopic (exact) mass is 416 g/mol. The standard InChI is InChI=1S/C21H21FN2O4S/c1-14-12-19(25)23-17-4-2-3-5-18(17)24(14)20(26)13-28-21(27)10-11-29-16-8-6-15(22)7-9-16/h2-9,14H,10-13H2,1H3,(H,23,25). The van der Waals surface area contributed by atoms with Crippen LogP contribution in [0.25, 0.3) is 0 Å². The van der Waals surface area contributed by atoms with Gasteiger partial charge >= 0.3 is 5.97 Å². The quantitative estimate of drug-likeness (QED) is 0.575. The summed E-state index contributed by atoms with van der Waals surface area (Å²) in [5.41, 5.74) is 1.14. The van der Waals surface area contributed by atoms with E-state index in [0.29, 0.717) is 17.1 Å². The molecule has 2 aromatic rings. The second-order valence-electron chi connectivity index (χ2n) is 6.60. The Labute approximate surface area is 172 Å². The Balaban J connectivity index is 1.53. The van der Waals surface area contributed by atoms with Crippen LogP contribution in [0.2, 0.25) is 0 Å². The summed E-state index contributed by atoms with van der Waals surface area (Å²) in [4.78, 5) is 39.1. The highest BCUT2D eigenvalue weighted by atomic mass is 32.2. The van der Waals surface area contributed by atoms with Gasteiger partial charge in [0.15, 0.2) is 6.61 Å². The fourth-order valence-corrected chi connectivity index (χ4v) is 3.87. The lowest BCUT2D eigenvalue weighted by Crippen LogP contribution is -2.41. The maximum Gasteiger partial charge on any atom is 0.307 e. The third-order valence-corrected chi connectivity index (χ3v) is 5.39. The Hall–Kier alpha value is -2.87. The molecule has 0 aromatic heterocycles. The number of carbonyl (C=O) groups is 3. The van der Waals surface area contributed by atoms with Gasteiger partial charge in [-0.1, -0.05) is 12.1 Å². The lowest BCUT2D eigenvalue weighted by molar-refractivity contribution is -0.147. The molecule has 152 valence electrons. The molecule has 1 N–H and O–H groups in total. The Morgan fingerprint density at radius 3 is 2.69 bits per heavy atom. The molecular formula is C21H21FN2O4S. The average molecular weight is 416 g/mol. The predicted octanol–water partition coefficient (Wildman–Crippen LogP) is 3.62. The number of nitrogens with one attached hydrogen (secondary N) is 1. The lowest BCUT2D eigenvalue weighted by Gasteiger charge is -2.27. The molecule has 0 aliphatic carbocycles. The van der Waals surface area contributed by atoms with Crippen molar-refractivity contribution in [3.63, 3.8) is 0 Å². The third-order valence-electron chi connectivity index (χ3n) is 4.37. The van der Waals surface area contributed by atoms with E-state index >= 15 is 0 Å². The largest absolute Gasteiger partial charge is 0.456 e.